The number of ether oxygens (including phenoxy) is 2. The van der Waals surface area contributed by atoms with Gasteiger partial charge in [-0.15, -0.1) is 0 Å². The Morgan fingerprint density at radius 1 is 0.969 bits per heavy atom. The first-order valence-electron chi connectivity index (χ1n) is 9.45. The van der Waals surface area contributed by atoms with E-state index >= 15 is 0 Å². The van der Waals surface area contributed by atoms with Gasteiger partial charge in [-0.1, -0.05) is 35.9 Å². The second kappa shape index (κ2) is 9.30. The maximum Gasteiger partial charge on any atom is 0.343 e. The average Bonchev–Trinajstić information content (AvgIpc) is 3.08. The van der Waals surface area contributed by atoms with Crippen LogP contribution in [0.2, 0.25) is 5.02 Å². The molecule has 1 saturated heterocycles. The zero-order valence-electron chi connectivity index (χ0n) is 16.8. The van der Waals surface area contributed by atoms with Crippen LogP contribution in [0.15, 0.2) is 77.7 Å². The van der Waals surface area contributed by atoms with Crippen LogP contribution in [-0.2, 0) is 4.79 Å². The van der Waals surface area contributed by atoms with Gasteiger partial charge in [-0.2, -0.15) is 0 Å². The van der Waals surface area contributed by atoms with E-state index in [1.54, 1.807) is 72.8 Å². The van der Waals surface area contributed by atoms with Crippen molar-refractivity contribution in [1.29, 1.82) is 0 Å². The Morgan fingerprint density at radius 2 is 1.69 bits per heavy atom. The van der Waals surface area contributed by atoms with Gasteiger partial charge >= 0.3 is 5.97 Å². The topological polar surface area (TPSA) is 72.9 Å². The summed E-state index contributed by atoms with van der Waals surface area (Å²) in [4.78, 5) is 39.0. The number of nitrogens with zero attached hydrogens (tertiary/aromatic N) is 1. The molecule has 0 saturated carbocycles. The number of carbonyl (C=O) groups is 3. The molecule has 1 aliphatic rings. The van der Waals surface area contributed by atoms with Crippen molar-refractivity contribution in [3.8, 4) is 11.5 Å². The summed E-state index contributed by atoms with van der Waals surface area (Å²) in [5.74, 6) is -0.426. The molecule has 0 N–H and O–H groups in total. The quantitative estimate of drug-likeness (QED) is 0.269. The Morgan fingerprint density at radius 3 is 2.38 bits per heavy atom. The Bertz CT molecular complexity index is 1220. The monoisotopic (exact) mass is 465 g/mol. The van der Waals surface area contributed by atoms with Crippen LogP contribution >= 0.6 is 23.4 Å². The molecule has 0 radical (unpaired) electrons. The molecule has 4 rings (SSSR count). The van der Waals surface area contributed by atoms with E-state index in [2.05, 4.69) is 0 Å². The van der Waals surface area contributed by atoms with Crippen LogP contribution in [0, 0.1) is 0 Å². The van der Waals surface area contributed by atoms with Gasteiger partial charge in [0.1, 0.15) is 0 Å². The molecule has 1 fully saturated rings. The van der Waals surface area contributed by atoms with Gasteiger partial charge in [0.15, 0.2) is 11.5 Å². The molecule has 0 aliphatic carbocycles. The number of hydrogen-bond donors (Lipinski definition) is 0. The molecule has 0 bridgehead atoms. The summed E-state index contributed by atoms with van der Waals surface area (Å²) in [7, 11) is 1.45. The average molecular weight is 466 g/mol. The SMILES string of the molecule is COc1cc(/C=C2\SC(=O)N(c3ccccc3)C2=O)ccc1OC(=O)c1ccc(Cl)cc1. The van der Waals surface area contributed by atoms with Crippen LogP contribution in [0.3, 0.4) is 0 Å². The molecule has 0 aromatic heterocycles. The number of thioether (sulfide) groups is 1. The molecule has 2 amide bonds. The van der Waals surface area contributed by atoms with Gasteiger partial charge < -0.3 is 9.47 Å². The zero-order chi connectivity index (χ0) is 22.7. The van der Waals surface area contributed by atoms with Gasteiger partial charge in [0.05, 0.1) is 23.3 Å². The lowest BCUT2D eigenvalue weighted by molar-refractivity contribution is -0.113. The van der Waals surface area contributed by atoms with E-state index in [-0.39, 0.29) is 15.9 Å². The van der Waals surface area contributed by atoms with Gasteiger partial charge in [-0.25, -0.2) is 9.69 Å². The number of methoxy groups -OCH3 is 1. The summed E-state index contributed by atoms with van der Waals surface area (Å²) in [5.41, 5.74) is 1.47. The second-order valence-electron chi connectivity index (χ2n) is 6.66. The fraction of sp³-hybridized carbons (Fsp3) is 0.0417. The number of anilines is 1. The number of para-hydroxylation sites is 1. The molecule has 160 valence electrons. The van der Waals surface area contributed by atoms with E-state index in [0.717, 1.165) is 16.7 Å². The highest BCUT2D eigenvalue weighted by Crippen LogP contribution is 2.37. The number of imide groups is 1. The van der Waals surface area contributed by atoms with E-state index in [9.17, 15) is 14.4 Å². The molecule has 6 nitrogen and oxygen atoms in total. The Kier molecular flexibility index (Phi) is 6.30. The molecule has 0 spiro atoms. The standard InChI is InChI=1S/C24H16ClNO5S/c1-30-20-13-15(7-12-19(20)31-23(28)16-8-10-17(25)11-9-16)14-21-22(27)26(24(29)32-21)18-5-3-2-4-6-18/h2-14H,1H3/b21-14-. The van der Waals surface area contributed by atoms with Gasteiger partial charge in [0, 0.05) is 5.02 Å². The molecular formula is C24H16ClNO5S. The molecule has 1 aliphatic heterocycles. The van der Waals surface area contributed by atoms with Crippen molar-refractivity contribution in [2.24, 2.45) is 0 Å². The third-order valence-electron chi connectivity index (χ3n) is 4.58. The van der Waals surface area contributed by atoms with E-state index < -0.39 is 11.9 Å². The minimum atomic E-state index is -0.559. The summed E-state index contributed by atoms with van der Waals surface area (Å²) in [5, 5.41) is 0.146. The van der Waals surface area contributed by atoms with Crippen LogP contribution in [0.4, 0.5) is 10.5 Å². The molecule has 1 heterocycles. The van der Waals surface area contributed by atoms with Crippen molar-refractivity contribution in [2.45, 2.75) is 0 Å². The lowest BCUT2D eigenvalue weighted by Crippen LogP contribution is -2.27. The number of amides is 2. The summed E-state index contributed by atoms with van der Waals surface area (Å²) < 4.78 is 10.8. The number of benzene rings is 3. The van der Waals surface area contributed by atoms with Gasteiger partial charge in [0.2, 0.25) is 0 Å². The lowest BCUT2D eigenvalue weighted by Gasteiger charge is -2.12. The molecule has 3 aromatic rings. The third-order valence-corrected chi connectivity index (χ3v) is 5.70. The minimum absolute atomic E-state index is 0.224. The van der Waals surface area contributed by atoms with Crippen molar-refractivity contribution >= 4 is 52.2 Å². The summed E-state index contributed by atoms with van der Waals surface area (Å²) in [6.45, 7) is 0. The minimum Gasteiger partial charge on any atom is -0.493 e. The molecule has 3 aromatic carbocycles. The summed E-state index contributed by atoms with van der Waals surface area (Å²) >= 11 is 6.71. The van der Waals surface area contributed by atoms with Crippen LogP contribution in [-0.4, -0.2) is 24.2 Å². The summed E-state index contributed by atoms with van der Waals surface area (Å²) in [6.07, 6.45) is 1.60. The highest BCUT2D eigenvalue weighted by Gasteiger charge is 2.36. The highest BCUT2D eigenvalue weighted by molar-refractivity contribution is 8.19. The van der Waals surface area contributed by atoms with Gasteiger partial charge in [0.25, 0.3) is 11.1 Å². The van der Waals surface area contributed by atoms with Gasteiger partial charge in [-0.3, -0.25) is 9.59 Å². The maximum atomic E-state index is 12.8. The predicted molar refractivity (Wildman–Crippen MR) is 124 cm³/mol. The molecule has 32 heavy (non-hydrogen) atoms. The first-order valence-corrected chi connectivity index (χ1v) is 10.6. The predicted octanol–water partition coefficient (Wildman–Crippen LogP) is 5.81. The highest BCUT2D eigenvalue weighted by atomic mass is 35.5. The normalized spacial score (nSPS) is 14.7. The largest absolute Gasteiger partial charge is 0.493 e. The Labute approximate surface area is 193 Å². The van der Waals surface area contributed by atoms with E-state index in [0.29, 0.717) is 27.6 Å². The molecular weight excluding hydrogens is 450 g/mol. The molecule has 0 atom stereocenters. The zero-order valence-corrected chi connectivity index (χ0v) is 18.4. The van der Waals surface area contributed by atoms with Crippen molar-refractivity contribution in [3.05, 3.63) is 93.9 Å². The molecule has 8 heteroatoms. The molecule has 0 unspecified atom stereocenters. The van der Waals surface area contributed by atoms with Crippen molar-refractivity contribution < 1.29 is 23.9 Å². The number of rotatable bonds is 5. The first-order chi connectivity index (χ1) is 15.5. The van der Waals surface area contributed by atoms with Crippen molar-refractivity contribution in [3.63, 3.8) is 0 Å². The number of carbonyl (C=O) groups excluding carboxylic acids is 3. The summed E-state index contributed by atoms with van der Waals surface area (Å²) in [6, 6.07) is 19.9. The van der Waals surface area contributed by atoms with E-state index in [4.69, 9.17) is 21.1 Å². The fourth-order valence-electron chi connectivity index (χ4n) is 3.02. The van der Waals surface area contributed by atoms with Crippen molar-refractivity contribution in [2.75, 3.05) is 12.0 Å². The number of hydrogen-bond acceptors (Lipinski definition) is 6. The Hall–Kier alpha value is -3.55. The second-order valence-corrected chi connectivity index (χ2v) is 8.09. The Balaban J connectivity index is 1.56. The maximum absolute atomic E-state index is 12.8. The fourth-order valence-corrected chi connectivity index (χ4v) is 3.99. The number of esters is 1. The van der Waals surface area contributed by atoms with Crippen LogP contribution in [0.5, 0.6) is 11.5 Å². The first kappa shape index (κ1) is 21.7. The van der Waals surface area contributed by atoms with Crippen molar-refractivity contribution in [1.82, 2.24) is 0 Å². The number of halogens is 1. The van der Waals surface area contributed by atoms with Crippen LogP contribution < -0.4 is 14.4 Å². The van der Waals surface area contributed by atoms with Crippen LogP contribution in [0.1, 0.15) is 15.9 Å². The van der Waals surface area contributed by atoms with E-state index in [1.165, 1.54) is 7.11 Å². The smallest absolute Gasteiger partial charge is 0.343 e. The van der Waals surface area contributed by atoms with Gasteiger partial charge in [-0.05, 0) is 71.9 Å². The third kappa shape index (κ3) is 4.54. The van der Waals surface area contributed by atoms with Crippen LogP contribution in [0.25, 0.3) is 6.08 Å². The van der Waals surface area contributed by atoms with E-state index in [1.807, 2.05) is 6.07 Å². The lowest BCUT2D eigenvalue weighted by atomic mass is 10.1.